The van der Waals surface area contributed by atoms with Crippen LogP contribution in [0.2, 0.25) is 0 Å². The predicted molar refractivity (Wildman–Crippen MR) is 102 cm³/mol. The zero-order valence-electron chi connectivity index (χ0n) is 16.9. The van der Waals surface area contributed by atoms with Crippen molar-refractivity contribution in [1.82, 2.24) is 21.1 Å². The van der Waals surface area contributed by atoms with Gasteiger partial charge in [-0.2, -0.15) is 27.0 Å². The topological polar surface area (TPSA) is 56.4 Å². The van der Waals surface area contributed by atoms with Crippen LogP contribution < -0.4 is 16.1 Å². The minimum Gasteiger partial charge on any atom is -0.352 e. The number of piperidine rings is 1. The van der Waals surface area contributed by atoms with Gasteiger partial charge in [-0.3, -0.25) is 4.79 Å². The number of hydrogen-bond acceptors (Lipinski definition) is 4. The standard InChI is InChI=1S/C20H31F5N4O/c1-2-18(30)27-11-13-10-26-17(12-3-5-14(6-4-12)20(23,24)25)9-15(13)16-7-8-29(28-16)19(21)22/h2,12-17,19,26,28H,1,3-11H2,(H,27,30). The molecule has 0 bridgehead atoms. The van der Waals surface area contributed by atoms with Crippen molar-refractivity contribution in [3.63, 3.8) is 0 Å². The molecule has 2 heterocycles. The van der Waals surface area contributed by atoms with E-state index >= 15 is 0 Å². The van der Waals surface area contributed by atoms with E-state index in [0.29, 0.717) is 38.8 Å². The molecule has 0 radical (unpaired) electrons. The summed E-state index contributed by atoms with van der Waals surface area (Å²) >= 11 is 0. The molecule has 1 aliphatic carbocycles. The maximum atomic E-state index is 13.1. The van der Waals surface area contributed by atoms with E-state index in [1.165, 1.54) is 6.08 Å². The number of halogens is 5. The lowest BCUT2D eigenvalue weighted by Crippen LogP contribution is -2.56. The number of carbonyl (C=O) groups is 1. The van der Waals surface area contributed by atoms with Crippen LogP contribution in [0.4, 0.5) is 22.0 Å². The maximum Gasteiger partial charge on any atom is 0.391 e. The minimum atomic E-state index is -4.13. The van der Waals surface area contributed by atoms with Crippen LogP contribution in [-0.2, 0) is 4.79 Å². The molecular weight excluding hydrogens is 407 g/mol. The Morgan fingerprint density at radius 3 is 2.43 bits per heavy atom. The van der Waals surface area contributed by atoms with Crippen molar-refractivity contribution >= 4 is 5.91 Å². The minimum absolute atomic E-state index is 0.0467. The van der Waals surface area contributed by atoms with Crippen molar-refractivity contribution in [2.24, 2.45) is 23.7 Å². The van der Waals surface area contributed by atoms with Gasteiger partial charge in [0.05, 0.1) is 5.92 Å². The molecule has 30 heavy (non-hydrogen) atoms. The molecule has 3 aliphatic rings. The summed E-state index contributed by atoms with van der Waals surface area (Å²) in [5, 5.41) is 7.21. The molecule has 0 spiro atoms. The molecule has 5 nitrogen and oxygen atoms in total. The Kier molecular flexibility index (Phi) is 7.73. The van der Waals surface area contributed by atoms with Crippen molar-refractivity contribution in [1.29, 1.82) is 0 Å². The first-order valence-corrected chi connectivity index (χ1v) is 10.7. The van der Waals surface area contributed by atoms with Crippen LogP contribution in [-0.4, -0.2) is 55.4 Å². The third kappa shape index (κ3) is 5.70. The van der Waals surface area contributed by atoms with Gasteiger partial charge in [0.2, 0.25) is 5.91 Å². The van der Waals surface area contributed by atoms with E-state index in [0.717, 1.165) is 5.01 Å². The van der Waals surface area contributed by atoms with Crippen molar-refractivity contribution in [3.05, 3.63) is 12.7 Å². The molecule has 10 heteroatoms. The molecule has 3 rings (SSSR count). The van der Waals surface area contributed by atoms with Crippen LogP contribution in [0.3, 0.4) is 0 Å². The van der Waals surface area contributed by atoms with Gasteiger partial charge in [-0.05, 0) is 62.4 Å². The number of carbonyl (C=O) groups excluding carboxylic acids is 1. The predicted octanol–water partition coefficient (Wildman–Crippen LogP) is 3.05. The number of hydrazine groups is 1. The highest BCUT2D eigenvalue weighted by atomic mass is 19.4. The first-order chi connectivity index (χ1) is 14.2. The third-order valence-electron chi connectivity index (χ3n) is 7.07. The Morgan fingerprint density at radius 2 is 1.87 bits per heavy atom. The van der Waals surface area contributed by atoms with Gasteiger partial charge in [0, 0.05) is 31.7 Å². The molecule has 1 saturated carbocycles. The van der Waals surface area contributed by atoms with Gasteiger partial charge in [-0.15, -0.1) is 0 Å². The zero-order chi connectivity index (χ0) is 21.9. The molecule has 4 atom stereocenters. The van der Waals surface area contributed by atoms with Crippen molar-refractivity contribution in [2.45, 2.75) is 63.3 Å². The number of nitrogens with one attached hydrogen (secondary N) is 3. The molecule has 3 N–H and O–H groups in total. The summed E-state index contributed by atoms with van der Waals surface area (Å²) in [4.78, 5) is 11.6. The average Bonchev–Trinajstić information content (AvgIpc) is 3.22. The summed E-state index contributed by atoms with van der Waals surface area (Å²) in [6.07, 6.45) is -0.318. The highest BCUT2D eigenvalue weighted by Crippen LogP contribution is 2.42. The SMILES string of the molecule is C=CC(=O)NCC1CNC(C2CCC(C(F)(F)F)CC2)CC1C1CCN(C(F)F)N1. The van der Waals surface area contributed by atoms with Crippen LogP contribution in [0.15, 0.2) is 12.7 Å². The Hall–Kier alpha value is -1.26. The summed E-state index contributed by atoms with van der Waals surface area (Å²) in [7, 11) is 0. The fraction of sp³-hybridized carbons (Fsp3) is 0.850. The van der Waals surface area contributed by atoms with E-state index in [1.54, 1.807) is 0 Å². The van der Waals surface area contributed by atoms with Gasteiger partial charge in [-0.1, -0.05) is 6.58 Å². The lowest BCUT2D eigenvalue weighted by molar-refractivity contribution is -0.184. The van der Waals surface area contributed by atoms with E-state index in [1.807, 2.05) is 0 Å². The molecular formula is C20H31F5N4O. The van der Waals surface area contributed by atoms with Crippen LogP contribution in [0, 0.1) is 23.7 Å². The van der Waals surface area contributed by atoms with Gasteiger partial charge >= 0.3 is 12.7 Å². The number of rotatable bonds is 6. The van der Waals surface area contributed by atoms with Gasteiger partial charge in [0.15, 0.2) is 0 Å². The van der Waals surface area contributed by atoms with Crippen LogP contribution >= 0.6 is 0 Å². The first-order valence-electron chi connectivity index (χ1n) is 10.7. The number of alkyl halides is 5. The van der Waals surface area contributed by atoms with E-state index in [9.17, 15) is 26.7 Å². The number of nitrogens with zero attached hydrogens (tertiary/aromatic N) is 1. The smallest absolute Gasteiger partial charge is 0.352 e. The van der Waals surface area contributed by atoms with Gasteiger partial charge in [-0.25, -0.2) is 5.43 Å². The number of hydrogen-bond donors (Lipinski definition) is 3. The lowest BCUT2D eigenvalue weighted by Gasteiger charge is -2.44. The molecule has 0 aromatic rings. The monoisotopic (exact) mass is 438 g/mol. The Morgan fingerprint density at radius 1 is 1.17 bits per heavy atom. The molecule has 0 aromatic carbocycles. The Bertz CT molecular complexity index is 594. The fourth-order valence-corrected chi connectivity index (χ4v) is 5.34. The second-order valence-corrected chi connectivity index (χ2v) is 8.77. The Balaban J connectivity index is 1.62. The first kappa shape index (κ1) is 23.4. The molecule has 2 aliphatic heterocycles. The molecule has 172 valence electrons. The molecule has 1 amide bonds. The quantitative estimate of drug-likeness (QED) is 0.339. The summed E-state index contributed by atoms with van der Waals surface area (Å²) in [5.41, 5.74) is 2.92. The van der Waals surface area contributed by atoms with E-state index in [2.05, 4.69) is 22.6 Å². The van der Waals surface area contributed by atoms with Crippen LogP contribution in [0.25, 0.3) is 0 Å². The summed E-state index contributed by atoms with van der Waals surface area (Å²) in [5.74, 6) is -1.25. The second kappa shape index (κ2) is 9.91. The van der Waals surface area contributed by atoms with Crippen LogP contribution in [0.5, 0.6) is 0 Å². The molecule has 4 unspecified atom stereocenters. The normalized spacial score (nSPS) is 36.1. The summed E-state index contributed by atoms with van der Waals surface area (Å²) in [6, 6.07) is -0.0707. The van der Waals surface area contributed by atoms with E-state index in [4.69, 9.17) is 0 Å². The van der Waals surface area contributed by atoms with E-state index < -0.39 is 18.6 Å². The van der Waals surface area contributed by atoms with Crippen molar-refractivity contribution < 1.29 is 26.7 Å². The molecule has 0 aromatic heterocycles. The summed E-state index contributed by atoms with van der Waals surface area (Å²) < 4.78 is 65.1. The number of amides is 1. The molecule has 2 saturated heterocycles. The summed E-state index contributed by atoms with van der Waals surface area (Å²) in [6.45, 7) is 2.11. The Labute approximate surface area is 173 Å². The fourth-order valence-electron chi connectivity index (χ4n) is 5.34. The van der Waals surface area contributed by atoms with Gasteiger partial charge < -0.3 is 10.6 Å². The third-order valence-corrected chi connectivity index (χ3v) is 7.07. The maximum absolute atomic E-state index is 13.1. The lowest BCUT2D eigenvalue weighted by atomic mass is 9.70. The second-order valence-electron chi connectivity index (χ2n) is 8.77. The molecule has 3 fully saturated rings. The van der Waals surface area contributed by atoms with Gasteiger partial charge in [0.25, 0.3) is 0 Å². The van der Waals surface area contributed by atoms with Crippen molar-refractivity contribution in [3.8, 4) is 0 Å². The van der Waals surface area contributed by atoms with Gasteiger partial charge in [0.1, 0.15) is 0 Å². The highest BCUT2D eigenvalue weighted by Gasteiger charge is 2.45. The van der Waals surface area contributed by atoms with Crippen LogP contribution in [0.1, 0.15) is 38.5 Å². The zero-order valence-corrected chi connectivity index (χ0v) is 16.9. The highest BCUT2D eigenvalue weighted by molar-refractivity contribution is 5.86. The average molecular weight is 438 g/mol. The van der Waals surface area contributed by atoms with Crippen molar-refractivity contribution in [2.75, 3.05) is 19.6 Å². The van der Waals surface area contributed by atoms with E-state index in [-0.39, 0.29) is 55.1 Å². The largest absolute Gasteiger partial charge is 0.391 e.